The van der Waals surface area contributed by atoms with E-state index in [0.717, 1.165) is 48.7 Å². The number of carbonyl (C=O) groups excluding carboxylic acids is 1. The molecule has 0 atom stereocenters. The number of allylic oxidation sites excluding steroid dienone is 2. The molecule has 0 amide bonds. The van der Waals surface area contributed by atoms with Crippen LogP contribution in [0.3, 0.4) is 0 Å². The van der Waals surface area contributed by atoms with Gasteiger partial charge in [0.15, 0.2) is 5.78 Å². The summed E-state index contributed by atoms with van der Waals surface area (Å²) in [5.74, 6) is 0.547. The molecule has 0 unspecified atom stereocenters. The third-order valence-corrected chi connectivity index (χ3v) is 11.0. The van der Waals surface area contributed by atoms with E-state index in [0.29, 0.717) is 0 Å². The normalized spacial score (nSPS) is 12.7. The summed E-state index contributed by atoms with van der Waals surface area (Å²) < 4.78 is 2.48. The topological polar surface area (TPSA) is 54.6 Å². The van der Waals surface area contributed by atoms with Gasteiger partial charge in [-0.2, -0.15) is 0 Å². The number of para-hydroxylation sites is 1. The summed E-state index contributed by atoms with van der Waals surface area (Å²) in [7, 11) is 0. The molecular weight excluding hydrogens is 841 g/mol. The van der Waals surface area contributed by atoms with Crippen molar-refractivity contribution in [2.45, 2.75) is 107 Å². The Morgan fingerprint density at radius 1 is 0.778 bits per heavy atom. The molecule has 0 aliphatic heterocycles. The number of nitrogens with zero attached hydrogens (tertiary/aromatic N) is 2. The summed E-state index contributed by atoms with van der Waals surface area (Å²) >= 11 is 0. The quantitative estimate of drug-likeness (QED) is 0.0892. The molecule has 0 aliphatic rings. The van der Waals surface area contributed by atoms with Crippen molar-refractivity contribution in [3.8, 4) is 11.3 Å². The molecule has 0 bridgehead atoms. The fourth-order valence-electron chi connectivity index (χ4n) is 8.19. The zero-order valence-corrected chi connectivity index (χ0v) is 36.3. The van der Waals surface area contributed by atoms with Gasteiger partial charge in [-0.05, 0) is 60.6 Å². The number of aliphatic hydroxyl groups excluding tert-OH is 1. The number of rotatable bonds is 9. The van der Waals surface area contributed by atoms with Gasteiger partial charge in [-0.3, -0.25) is 9.78 Å². The van der Waals surface area contributed by atoms with Crippen LogP contribution in [0.25, 0.3) is 60.1 Å². The minimum atomic E-state index is -0.000357. The average Bonchev–Trinajstić information content (AvgIpc) is 3.64. The van der Waals surface area contributed by atoms with Gasteiger partial charge in [-0.25, -0.2) is 0 Å². The van der Waals surface area contributed by atoms with Gasteiger partial charge >= 0.3 is 0 Å². The Kier molecular flexibility index (Phi) is 12.5. The largest absolute Gasteiger partial charge is 0.512 e. The summed E-state index contributed by atoms with van der Waals surface area (Å²) in [4.78, 5) is 16.8. The Morgan fingerprint density at radius 2 is 1.39 bits per heavy atom. The summed E-state index contributed by atoms with van der Waals surface area (Å²) in [5.41, 5.74) is 8.73. The molecule has 1 radical (unpaired) electrons. The van der Waals surface area contributed by atoms with Crippen LogP contribution in [0, 0.1) is 23.3 Å². The molecule has 0 saturated carbocycles. The smallest absolute Gasteiger partial charge is 0.162 e. The van der Waals surface area contributed by atoms with E-state index >= 15 is 0 Å². The number of hydrogen-bond acceptors (Lipinski definition) is 3. The molecule has 3 aromatic heterocycles. The zero-order chi connectivity index (χ0) is 38.2. The molecule has 0 saturated heterocycles. The van der Waals surface area contributed by atoms with E-state index in [9.17, 15) is 9.90 Å². The van der Waals surface area contributed by atoms with Gasteiger partial charge < -0.3 is 9.51 Å². The van der Waals surface area contributed by atoms with Crippen molar-refractivity contribution >= 4 is 54.7 Å². The Balaban J connectivity index is 0.000000301. The van der Waals surface area contributed by atoms with Crippen LogP contribution in [0.1, 0.15) is 106 Å². The number of pyridine rings is 1. The average molecular weight is 898 g/mol. The van der Waals surface area contributed by atoms with Crippen molar-refractivity contribution in [2.24, 2.45) is 17.3 Å². The number of benzene rings is 4. The molecule has 1 N–H and O–H groups in total. The molecule has 3 heterocycles. The minimum Gasteiger partial charge on any atom is -0.512 e. The van der Waals surface area contributed by atoms with Crippen LogP contribution in [0.5, 0.6) is 0 Å². The molecule has 7 rings (SSSR count). The van der Waals surface area contributed by atoms with Gasteiger partial charge in [0.2, 0.25) is 0 Å². The van der Waals surface area contributed by atoms with Gasteiger partial charge in [-0.15, -0.1) is 29.1 Å². The maximum absolute atomic E-state index is 11.7. The number of carbonyl (C=O) groups is 1. The van der Waals surface area contributed by atoms with Crippen molar-refractivity contribution in [2.75, 3.05) is 0 Å². The first-order valence-corrected chi connectivity index (χ1v) is 19.7. The molecule has 285 valence electrons. The van der Waals surface area contributed by atoms with Crippen LogP contribution in [-0.4, -0.2) is 20.3 Å². The second-order valence-corrected chi connectivity index (χ2v) is 17.0. The molecule has 7 aromatic rings. The van der Waals surface area contributed by atoms with E-state index in [1.54, 1.807) is 0 Å². The van der Waals surface area contributed by atoms with Crippen molar-refractivity contribution < 1.29 is 30.0 Å². The fourth-order valence-corrected chi connectivity index (χ4v) is 8.19. The van der Waals surface area contributed by atoms with Crippen LogP contribution >= 0.6 is 0 Å². The summed E-state index contributed by atoms with van der Waals surface area (Å²) in [5, 5.41) is 17.4. The molecular formula is C49H57IrN2O2-. The van der Waals surface area contributed by atoms with E-state index in [2.05, 4.69) is 125 Å². The summed E-state index contributed by atoms with van der Waals surface area (Å²) in [6, 6.07) is 30.4. The number of ketones is 1. The molecule has 4 aromatic carbocycles. The maximum atomic E-state index is 11.7. The van der Waals surface area contributed by atoms with Gasteiger partial charge in [-0.1, -0.05) is 129 Å². The predicted molar refractivity (Wildman–Crippen MR) is 226 cm³/mol. The first-order chi connectivity index (χ1) is 25.2. The van der Waals surface area contributed by atoms with Crippen molar-refractivity contribution in [1.29, 1.82) is 0 Å². The Morgan fingerprint density at radius 3 is 2.02 bits per heavy atom. The van der Waals surface area contributed by atoms with Gasteiger partial charge in [0.05, 0.1) is 16.8 Å². The van der Waals surface area contributed by atoms with Crippen LogP contribution < -0.4 is 0 Å². The summed E-state index contributed by atoms with van der Waals surface area (Å²) in [6.45, 7) is 21.9. The van der Waals surface area contributed by atoms with Crippen LogP contribution in [0.2, 0.25) is 0 Å². The molecule has 0 aliphatic carbocycles. The number of aliphatic hydroxyl groups is 1. The molecule has 0 fully saturated rings. The van der Waals surface area contributed by atoms with E-state index in [1.165, 1.54) is 60.7 Å². The zero-order valence-electron chi connectivity index (χ0n) is 33.9. The molecule has 0 spiro atoms. The van der Waals surface area contributed by atoms with Crippen LogP contribution in [0.15, 0.2) is 90.8 Å². The second-order valence-electron chi connectivity index (χ2n) is 17.0. The van der Waals surface area contributed by atoms with E-state index in [-0.39, 0.29) is 54.3 Å². The molecule has 54 heavy (non-hydrogen) atoms. The Hall–Kier alpha value is -4.05. The van der Waals surface area contributed by atoms with Gasteiger partial charge in [0.25, 0.3) is 0 Å². The maximum Gasteiger partial charge on any atom is 0.162 e. The summed E-state index contributed by atoms with van der Waals surface area (Å²) in [6.07, 6.45) is 7.91. The SMILES string of the molecule is CC(C)(C)Cc1ccc2c3ccnc(-c4[c-]c5ccccc5c(C(C)(C)C)c4)c3n3c4ccccc4c1c23.CCC(CC)C(=O)/C=C(\O)C(CC)CC.[Ir]. The third-order valence-electron chi connectivity index (χ3n) is 11.0. The number of aromatic nitrogens is 2. The second kappa shape index (κ2) is 16.4. The molecule has 4 nitrogen and oxygen atoms in total. The first-order valence-electron chi connectivity index (χ1n) is 19.7. The van der Waals surface area contributed by atoms with E-state index in [1.807, 2.05) is 33.9 Å². The molecule has 5 heteroatoms. The van der Waals surface area contributed by atoms with E-state index < -0.39 is 0 Å². The standard InChI is InChI=1S/C36H33N2.C13H24O2.Ir/c1-35(2,3)21-23-15-16-26-27-17-18-37-32(34(27)38-30-14-10-9-13-28(30)31(23)33(26)38)24-19-22-11-7-8-12-25(22)29(20-24)36(4,5)6;1-5-10(6-2)12(14)9-13(15)11(7-3)8-4;/h7-18,20H,21H2,1-6H3;9-11,14H,5-8H2,1-4H3;/q-1;;/b;12-9-;. The third kappa shape index (κ3) is 7.86. The van der Waals surface area contributed by atoms with Crippen molar-refractivity contribution in [3.05, 3.63) is 108 Å². The van der Waals surface area contributed by atoms with Gasteiger partial charge in [0, 0.05) is 77.0 Å². The van der Waals surface area contributed by atoms with Crippen molar-refractivity contribution in [1.82, 2.24) is 9.38 Å². The Bertz CT molecular complexity index is 2430. The Labute approximate surface area is 335 Å². The number of hydrogen-bond donors (Lipinski definition) is 1. The van der Waals surface area contributed by atoms with Crippen LogP contribution in [0.4, 0.5) is 0 Å². The van der Waals surface area contributed by atoms with E-state index in [4.69, 9.17) is 4.98 Å². The first kappa shape index (κ1) is 41.1. The fraction of sp³-hybridized carbons (Fsp3) is 0.388. The van der Waals surface area contributed by atoms with Gasteiger partial charge in [0.1, 0.15) is 0 Å². The predicted octanol–water partition coefficient (Wildman–Crippen LogP) is 13.6. The van der Waals surface area contributed by atoms with Crippen molar-refractivity contribution in [3.63, 3.8) is 0 Å². The monoisotopic (exact) mass is 898 g/mol. The minimum absolute atomic E-state index is 0. The number of fused-ring (bicyclic) bond motifs is 7. The van der Waals surface area contributed by atoms with Crippen LogP contribution in [-0.2, 0) is 36.7 Å².